The van der Waals surface area contributed by atoms with E-state index in [-0.39, 0.29) is 0 Å². The minimum Gasteiger partial charge on any atom is -0.271 e. The summed E-state index contributed by atoms with van der Waals surface area (Å²) >= 11 is 0. The van der Waals surface area contributed by atoms with Crippen LogP contribution in [0.5, 0.6) is 0 Å². The molecule has 2 nitrogen and oxygen atoms in total. The van der Waals surface area contributed by atoms with Crippen molar-refractivity contribution in [3.8, 4) is 0 Å². The van der Waals surface area contributed by atoms with Crippen molar-refractivity contribution in [2.24, 2.45) is 17.2 Å². The van der Waals surface area contributed by atoms with Gasteiger partial charge in [0.2, 0.25) is 0 Å². The zero-order valence-electron chi connectivity index (χ0n) is 12.2. The lowest BCUT2D eigenvalue weighted by Crippen LogP contribution is -2.38. The van der Waals surface area contributed by atoms with Gasteiger partial charge in [0.05, 0.1) is 0 Å². The molecule has 0 saturated carbocycles. The van der Waals surface area contributed by atoms with Crippen molar-refractivity contribution in [3.63, 3.8) is 0 Å². The molecule has 0 saturated heterocycles. The molecule has 0 aliphatic carbocycles. The number of hydrogen-bond donors (Lipinski definition) is 2. The van der Waals surface area contributed by atoms with Crippen LogP contribution in [0.25, 0.3) is 0 Å². The lowest BCUT2D eigenvalue weighted by atomic mass is 9.78. The van der Waals surface area contributed by atoms with E-state index in [2.05, 4.69) is 63.5 Å². The molecule has 0 aromatic heterocycles. The normalized spacial score (nSPS) is 15.4. The van der Waals surface area contributed by atoms with Gasteiger partial charge in [-0.05, 0) is 36.2 Å². The molecular weight excluding hydrogens is 220 g/mol. The minimum atomic E-state index is 0.349. The molecule has 1 aromatic carbocycles. The van der Waals surface area contributed by atoms with Gasteiger partial charge in [-0.3, -0.25) is 11.3 Å². The van der Waals surface area contributed by atoms with E-state index >= 15 is 0 Å². The number of nitrogens with one attached hydrogen (secondary N) is 1. The van der Waals surface area contributed by atoms with E-state index in [1.165, 1.54) is 5.56 Å². The van der Waals surface area contributed by atoms with Crippen molar-refractivity contribution in [1.29, 1.82) is 0 Å². The van der Waals surface area contributed by atoms with Gasteiger partial charge in [-0.15, -0.1) is 0 Å². The molecule has 18 heavy (non-hydrogen) atoms. The molecule has 2 heteroatoms. The van der Waals surface area contributed by atoms with Crippen LogP contribution >= 0.6 is 0 Å². The first-order valence-corrected chi connectivity index (χ1v) is 6.93. The van der Waals surface area contributed by atoms with E-state index in [1.54, 1.807) is 0 Å². The van der Waals surface area contributed by atoms with Gasteiger partial charge < -0.3 is 0 Å². The highest BCUT2D eigenvalue weighted by Gasteiger charge is 2.22. The Morgan fingerprint density at radius 2 is 1.78 bits per heavy atom. The van der Waals surface area contributed by atoms with Crippen molar-refractivity contribution >= 4 is 0 Å². The highest BCUT2D eigenvalue weighted by molar-refractivity contribution is 5.14. The molecule has 3 N–H and O–H groups in total. The van der Waals surface area contributed by atoms with E-state index in [0.717, 1.165) is 19.3 Å². The second-order valence-electron chi connectivity index (χ2n) is 6.39. The van der Waals surface area contributed by atoms with Crippen molar-refractivity contribution in [3.05, 3.63) is 35.9 Å². The number of hydrazine groups is 1. The first-order chi connectivity index (χ1) is 8.43. The van der Waals surface area contributed by atoms with Crippen LogP contribution in [0.4, 0.5) is 0 Å². The molecule has 0 aliphatic heterocycles. The molecule has 1 aromatic rings. The van der Waals surface area contributed by atoms with Gasteiger partial charge in [0.1, 0.15) is 0 Å². The molecular formula is C16H28N2. The Morgan fingerprint density at radius 1 is 1.17 bits per heavy atom. The number of aryl methyl sites for hydroxylation is 1. The summed E-state index contributed by atoms with van der Waals surface area (Å²) < 4.78 is 0. The van der Waals surface area contributed by atoms with E-state index < -0.39 is 0 Å². The van der Waals surface area contributed by atoms with Crippen LogP contribution in [0.2, 0.25) is 0 Å². The fraction of sp³-hybridized carbons (Fsp3) is 0.625. The van der Waals surface area contributed by atoms with Crippen LogP contribution in [-0.4, -0.2) is 6.04 Å². The molecule has 0 heterocycles. The Bertz CT molecular complexity index is 327. The van der Waals surface area contributed by atoms with Gasteiger partial charge in [0, 0.05) is 6.04 Å². The van der Waals surface area contributed by atoms with E-state index in [9.17, 15) is 0 Å². The minimum absolute atomic E-state index is 0.349. The van der Waals surface area contributed by atoms with Gasteiger partial charge in [0.25, 0.3) is 0 Å². The van der Waals surface area contributed by atoms with Crippen LogP contribution in [0.15, 0.2) is 30.3 Å². The molecule has 2 atom stereocenters. The summed E-state index contributed by atoms with van der Waals surface area (Å²) in [7, 11) is 0. The Kier molecular flexibility index (Phi) is 5.83. The maximum atomic E-state index is 5.68. The summed E-state index contributed by atoms with van der Waals surface area (Å²) in [5.41, 5.74) is 4.71. The second-order valence-corrected chi connectivity index (χ2v) is 6.39. The van der Waals surface area contributed by atoms with Gasteiger partial charge in [0.15, 0.2) is 0 Å². The molecule has 0 radical (unpaired) electrons. The molecule has 0 spiro atoms. The molecule has 0 aliphatic rings. The maximum Gasteiger partial charge on any atom is 0.0216 e. The molecule has 2 unspecified atom stereocenters. The van der Waals surface area contributed by atoms with E-state index in [4.69, 9.17) is 5.84 Å². The predicted molar refractivity (Wildman–Crippen MR) is 79.1 cm³/mol. The molecule has 1 rings (SSSR count). The SMILES string of the molecule is CC(CC(CCc1ccccc1)NN)C(C)(C)C. The summed E-state index contributed by atoms with van der Waals surface area (Å²) in [5.74, 6) is 6.34. The van der Waals surface area contributed by atoms with Crippen LogP contribution in [0.3, 0.4) is 0 Å². The highest BCUT2D eigenvalue weighted by Crippen LogP contribution is 2.29. The zero-order chi connectivity index (χ0) is 13.6. The average Bonchev–Trinajstić information content (AvgIpc) is 2.34. The van der Waals surface area contributed by atoms with Crippen molar-refractivity contribution in [2.45, 2.75) is 53.0 Å². The third kappa shape index (κ3) is 5.19. The highest BCUT2D eigenvalue weighted by atomic mass is 15.2. The molecule has 0 bridgehead atoms. The lowest BCUT2D eigenvalue weighted by molar-refractivity contribution is 0.219. The summed E-state index contributed by atoms with van der Waals surface area (Å²) in [6.07, 6.45) is 3.32. The van der Waals surface area contributed by atoms with Crippen LogP contribution < -0.4 is 11.3 Å². The third-order valence-electron chi connectivity index (χ3n) is 3.98. The summed E-state index contributed by atoms with van der Waals surface area (Å²) in [5, 5.41) is 0. The number of hydrogen-bond acceptors (Lipinski definition) is 2. The Morgan fingerprint density at radius 3 is 2.28 bits per heavy atom. The van der Waals surface area contributed by atoms with Crippen molar-refractivity contribution in [2.75, 3.05) is 0 Å². The smallest absolute Gasteiger partial charge is 0.0216 e. The summed E-state index contributed by atoms with van der Waals surface area (Å²) in [4.78, 5) is 0. The molecule has 0 amide bonds. The third-order valence-corrected chi connectivity index (χ3v) is 3.98. The Labute approximate surface area is 112 Å². The molecule has 0 fully saturated rings. The summed E-state index contributed by atoms with van der Waals surface area (Å²) in [6.45, 7) is 9.19. The first kappa shape index (κ1) is 15.2. The van der Waals surface area contributed by atoms with Crippen LogP contribution in [0, 0.1) is 11.3 Å². The van der Waals surface area contributed by atoms with Crippen LogP contribution in [-0.2, 0) is 6.42 Å². The monoisotopic (exact) mass is 248 g/mol. The fourth-order valence-corrected chi connectivity index (χ4v) is 2.04. The lowest BCUT2D eigenvalue weighted by Gasteiger charge is -2.30. The second kappa shape index (κ2) is 6.91. The van der Waals surface area contributed by atoms with Crippen molar-refractivity contribution in [1.82, 2.24) is 5.43 Å². The number of nitrogens with two attached hydrogens (primary N) is 1. The Hall–Kier alpha value is -0.860. The zero-order valence-corrected chi connectivity index (χ0v) is 12.2. The summed E-state index contributed by atoms with van der Waals surface area (Å²) in [6, 6.07) is 11.0. The molecule has 102 valence electrons. The van der Waals surface area contributed by atoms with Gasteiger partial charge in [-0.2, -0.15) is 0 Å². The maximum absolute atomic E-state index is 5.68. The average molecular weight is 248 g/mol. The number of benzene rings is 1. The van der Waals surface area contributed by atoms with E-state index in [0.29, 0.717) is 17.4 Å². The standard InChI is InChI=1S/C16H28N2/c1-13(16(2,3)4)12-15(18-17)11-10-14-8-6-5-7-9-14/h5-9,13,15,18H,10-12,17H2,1-4H3. The fourth-order valence-electron chi connectivity index (χ4n) is 2.04. The first-order valence-electron chi connectivity index (χ1n) is 6.93. The van der Waals surface area contributed by atoms with Crippen molar-refractivity contribution < 1.29 is 0 Å². The van der Waals surface area contributed by atoms with E-state index in [1.807, 2.05) is 0 Å². The van der Waals surface area contributed by atoms with Crippen LogP contribution in [0.1, 0.15) is 46.1 Å². The van der Waals surface area contributed by atoms with Gasteiger partial charge in [-0.1, -0.05) is 58.0 Å². The van der Waals surface area contributed by atoms with Gasteiger partial charge in [-0.25, -0.2) is 0 Å². The number of rotatable bonds is 6. The quantitative estimate of drug-likeness (QED) is 0.597. The largest absolute Gasteiger partial charge is 0.271 e. The van der Waals surface area contributed by atoms with Gasteiger partial charge >= 0.3 is 0 Å². The Balaban J connectivity index is 2.43. The predicted octanol–water partition coefficient (Wildman–Crippen LogP) is 3.52. The topological polar surface area (TPSA) is 38.0 Å².